The largest absolute Gasteiger partial charge is 0.497 e. The Morgan fingerprint density at radius 1 is 1.07 bits per heavy atom. The molecule has 5 heteroatoms. The van der Waals surface area contributed by atoms with Crippen LogP contribution in [0.25, 0.3) is 0 Å². The van der Waals surface area contributed by atoms with Crippen LogP contribution in [0.3, 0.4) is 0 Å². The van der Waals surface area contributed by atoms with Crippen LogP contribution in [0.15, 0.2) is 66.0 Å². The van der Waals surface area contributed by atoms with E-state index in [9.17, 15) is 4.79 Å². The number of hydrogen-bond donors (Lipinski definition) is 0. The van der Waals surface area contributed by atoms with E-state index in [0.717, 1.165) is 47.7 Å². The van der Waals surface area contributed by atoms with E-state index in [4.69, 9.17) is 9.47 Å². The van der Waals surface area contributed by atoms with Gasteiger partial charge in [-0.2, -0.15) is 0 Å². The molecule has 1 atom stereocenters. The van der Waals surface area contributed by atoms with Crippen LogP contribution in [0, 0.1) is 0 Å². The van der Waals surface area contributed by atoms with Gasteiger partial charge in [0.2, 0.25) is 0 Å². The van der Waals surface area contributed by atoms with Crippen molar-refractivity contribution >= 4 is 17.2 Å². The summed E-state index contributed by atoms with van der Waals surface area (Å²) in [5, 5.41) is 2.01. The van der Waals surface area contributed by atoms with E-state index in [1.165, 1.54) is 16.9 Å². The molecule has 150 valence electrons. The zero-order valence-corrected chi connectivity index (χ0v) is 17.4. The van der Waals surface area contributed by atoms with Gasteiger partial charge in [0.15, 0.2) is 0 Å². The number of carbonyl (C=O) groups is 1. The third-order valence-corrected chi connectivity index (χ3v) is 6.24. The van der Waals surface area contributed by atoms with Crippen molar-refractivity contribution in [3.8, 4) is 11.5 Å². The van der Waals surface area contributed by atoms with Crippen molar-refractivity contribution < 1.29 is 14.3 Å². The molecular weight excluding hydrogens is 382 g/mol. The number of methoxy groups -OCH3 is 1. The highest BCUT2D eigenvalue weighted by atomic mass is 32.1. The predicted octanol–water partition coefficient (Wildman–Crippen LogP) is 5.70. The van der Waals surface area contributed by atoms with Crippen LogP contribution >= 0.6 is 11.3 Å². The summed E-state index contributed by atoms with van der Waals surface area (Å²) in [5.41, 5.74) is 2.24. The summed E-state index contributed by atoms with van der Waals surface area (Å²) in [5.74, 6) is 1.71. The van der Waals surface area contributed by atoms with Crippen LogP contribution in [-0.4, -0.2) is 24.5 Å². The first-order valence-corrected chi connectivity index (χ1v) is 10.8. The molecule has 1 amide bonds. The maximum Gasteiger partial charge on any atom is 0.264 e. The zero-order valence-electron chi connectivity index (χ0n) is 16.5. The number of ether oxygens (including phenoxy) is 2. The number of likely N-dealkylation sites (tertiary alicyclic amines) is 1. The Kier molecular flexibility index (Phi) is 6.15. The summed E-state index contributed by atoms with van der Waals surface area (Å²) in [6.45, 7) is 1.26. The van der Waals surface area contributed by atoms with Gasteiger partial charge in [0.1, 0.15) is 18.1 Å². The van der Waals surface area contributed by atoms with Crippen molar-refractivity contribution in [1.29, 1.82) is 0 Å². The molecule has 0 N–H and O–H groups in total. The first kappa shape index (κ1) is 19.5. The van der Waals surface area contributed by atoms with Crippen LogP contribution in [0.2, 0.25) is 0 Å². The fourth-order valence-electron chi connectivity index (χ4n) is 3.74. The molecule has 2 aromatic carbocycles. The lowest BCUT2D eigenvalue weighted by atomic mass is 9.95. The van der Waals surface area contributed by atoms with Crippen LogP contribution in [0.4, 0.5) is 0 Å². The molecule has 1 aliphatic heterocycles. The number of benzene rings is 2. The van der Waals surface area contributed by atoms with Gasteiger partial charge in [0, 0.05) is 12.1 Å². The van der Waals surface area contributed by atoms with Crippen LogP contribution in [0.1, 0.15) is 46.1 Å². The lowest BCUT2D eigenvalue weighted by Crippen LogP contribution is -2.38. The molecule has 2 heterocycles. The normalized spacial score (nSPS) is 16.4. The molecule has 0 radical (unpaired) electrons. The van der Waals surface area contributed by atoms with Crippen molar-refractivity contribution in [1.82, 2.24) is 4.90 Å². The molecule has 1 aliphatic rings. The molecule has 1 saturated heterocycles. The first-order valence-electron chi connectivity index (χ1n) is 9.95. The maximum atomic E-state index is 13.2. The second kappa shape index (κ2) is 9.14. The number of amides is 1. The molecule has 0 spiro atoms. The third-order valence-electron chi connectivity index (χ3n) is 5.28. The Labute approximate surface area is 175 Å². The molecule has 29 heavy (non-hydrogen) atoms. The van der Waals surface area contributed by atoms with E-state index in [1.807, 2.05) is 58.8 Å². The lowest BCUT2D eigenvalue weighted by molar-refractivity contribution is 0.0616. The molecule has 4 rings (SSSR count). The van der Waals surface area contributed by atoms with E-state index in [-0.39, 0.29) is 11.9 Å². The fraction of sp³-hybridized carbons (Fsp3) is 0.292. The van der Waals surface area contributed by atoms with Crippen LogP contribution < -0.4 is 9.47 Å². The standard InChI is InChI=1S/C24H25NO3S/c1-27-20-10-12-21(13-11-20)28-16-18-15-23(29-17-18)24(26)25-14-6-5-9-22(25)19-7-3-2-4-8-19/h2-4,7-8,10-13,15,17,22H,5-6,9,14,16H2,1H3. The van der Waals surface area contributed by atoms with Crippen LogP contribution in [0.5, 0.6) is 11.5 Å². The Morgan fingerprint density at radius 3 is 2.59 bits per heavy atom. The van der Waals surface area contributed by atoms with E-state index < -0.39 is 0 Å². The molecular formula is C24H25NO3S. The van der Waals surface area contributed by atoms with E-state index >= 15 is 0 Å². The molecule has 0 saturated carbocycles. The van der Waals surface area contributed by atoms with Gasteiger partial charge in [-0.05, 0) is 60.5 Å². The molecule has 0 aliphatic carbocycles. The Hall–Kier alpha value is -2.79. The van der Waals surface area contributed by atoms with Crippen molar-refractivity contribution in [2.45, 2.75) is 31.9 Å². The smallest absolute Gasteiger partial charge is 0.264 e. The third kappa shape index (κ3) is 4.62. The number of thiophene rings is 1. The average Bonchev–Trinajstić information content (AvgIpc) is 3.27. The lowest BCUT2D eigenvalue weighted by Gasteiger charge is -2.36. The second-order valence-electron chi connectivity index (χ2n) is 7.20. The van der Waals surface area contributed by atoms with Crippen LogP contribution in [-0.2, 0) is 6.61 Å². The van der Waals surface area contributed by atoms with Gasteiger partial charge in [-0.15, -0.1) is 11.3 Å². The summed E-state index contributed by atoms with van der Waals surface area (Å²) in [6.07, 6.45) is 3.25. The average molecular weight is 408 g/mol. The van der Waals surface area contributed by atoms with E-state index in [2.05, 4.69) is 12.1 Å². The van der Waals surface area contributed by atoms with Gasteiger partial charge in [0.25, 0.3) is 5.91 Å². The highest BCUT2D eigenvalue weighted by Crippen LogP contribution is 2.33. The first-order chi connectivity index (χ1) is 14.2. The Bertz CT molecular complexity index is 936. The van der Waals surface area contributed by atoms with Gasteiger partial charge in [-0.3, -0.25) is 4.79 Å². The summed E-state index contributed by atoms with van der Waals surface area (Å²) >= 11 is 1.50. The van der Waals surface area contributed by atoms with Crippen molar-refractivity contribution in [3.63, 3.8) is 0 Å². The van der Waals surface area contributed by atoms with Gasteiger partial charge in [-0.1, -0.05) is 30.3 Å². The topological polar surface area (TPSA) is 38.8 Å². The SMILES string of the molecule is COc1ccc(OCc2csc(C(=O)N3CCCCC3c3ccccc3)c2)cc1. The fourth-order valence-corrected chi connectivity index (χ4v) is 4.59. The Balaban J connectivity index is 1.42. The highest BCUT2D eigenvalue weighted by molar-refractivity contribution is 7.12. The number of nitrogens with zero attached hydrogens (tertiary/aromatic N) is 1. The predicted molar refractivity (Wildman–Crippen MR) is 116 cm³/mol. The molecule has 1 fully saturated rings. The number of carbonyl (C=O) groups excluding carboxylic acids is 1. The van der Waals surface area contributed by atoms with Gasteiger partial charge < -0.3 is 14.4 Å². The molecule has 1 aromatic heterocycles. The van der Waals surface area contributed by atoms with Gasteiger partial charge in [0.05, 0.1) is 18.0 Å². The number of piperidine rings is 1. The minimum atomic E-state index is 0.124. The van der Waals surface area contributed by atoms with E-state index in [1.54, 1.807) is 7.11 Å². The summed E-state index contributed by atoms with van der Waals surface area (Å²) in [6, 6.07) is 20.0. The molecule has 3 aromatic rings. The van der Waals surface area contributed by atoms with Crippen molar-refractivity contribution in [2.75, 3.05) is 13.7 Å². The highest BCUT2D eigenvalue weighted by Gasteiger charge is 2.29. The maximum absolute atomic E-state index is 13.2. The minimum absolute atomic E-state index is 0.124. The molecule has 1 unspecified atom stereocenters. The second-order valence-corrected chi connectivity index (χ2v) is 8.12. The number of hydrogen-bond acceptors (Lipinski definition) is 4. The summed E-state index contributed by atoms with van der Waals surface area (Å²) < 4.78 is 11.0. The minimum Gasteiger partial charge on any atom is -0.497 e. The number of rotatable bonds is 6. The zero-order chi connectivity index (χ0) is 20.1. The van der Waals surface area contributed by atoms with E-state index in [0.29, 0.717) is 6.61 Å². The Morgan fingerprint density at radius 2 is 1.83 bits per heavy atom. The van der Waals surface area contributed by atoms with Gasteiger partial charge in [-0.25, -0.2) is 0 Å². The monoisotopic (exact) mass is 407 g/mol. The van der Waals surface area contributed by atoms with Crippen molar-refractivity contribution in [3.05, 3.63) is 82.0 Å². The quantitative estimate of drug-likeness (QED) is 0.526. The summed E-state index contributed by atoms with van der Waals surface area (Å²) in [4.78, 5) is 16.0. The molecule has 4 nitrogen and oxygen atoms in total. The summed E-state index contributed by atoms with van der Waals surface area (Å²) in [7, 11) is 1.64. The van der Waals surface area contributed by atoms with Gasteiger partial charge >= 0.3 is 0 Å². The molecule has 0 bridgehead atoms. The van der Waals surface area contributed by atoms with Crippen molar-refractivity contribution in [2.24, 2.45) is 0 Å².